The van der Waals surface area contributed by atoms with Gasteiger partial charge in [-0.25, -0.2) is 28.1 Å². The molecular formula is C60H60B2CoF8N20. The van der Waals surface area contributed by atoms with Crippen LogP contribution in [0, 0.1) is 0 Å². The Morgan fingerprint density at radius 1 is 0.242 bits per heavy atom. The van der Waals surface area contributed by atoms with Gasteiger partial charge >= 0.3 is 31.3 Å². The molecule has 0 aliphatic heterocycles. The van der Waals surface area contributed by atoms with Gasteiger partial charge in [-0.05, 0) is 33.4 Å². The Labute approximate surface area is 528 Å². The van der Waals surface area contributed by atoms with E-state index < -0.39 is 14.5 Å². The third kappa shape index (κ3) is 24.9. The summed E-state index contributed by atoms with van der Waals surface area (Å²) in [5, 5.41) is 52.8. The third-order valence-corrected chi connectivity index (χ3v) is 13.0. The fourth-order valence-electron chi connectivity index (χ4n) is 9.26. The van der Waals surface area contributed by atoms with Crippen molar-refractivity contribution in [2.24, 2.45) is 0 Å². The number of aromatic nitrogens is 18. The van der Waals surface area contributed by atoms with Crippen LogP contribution in [0.15, 0.2) is 219 Å². The molecule has 0 saturated heterocycles. The summed E-state index contributed by atoms with van der Waals surface area (Å²) in [6, 6.07) is 61.5. The number of hydrogen-bond donors (Lipinski definition) is 0. The molecule has 0 atom stereocenters. The summed E-state index contributed by atoms with van der Waals surface area (Å²) in [5.74, 6) is 0. The van der Waals surface area contributed by atoms with Crippen LogP contribution >= 0.6 is 0 Å². The van der Waals surface area contributed by atoms with Gasteiger partial charge in [-0.3, -0.25) is 9.80 Å². The van der Waals surface area contributed by atoms with Gasteiger partial charge < -0.3 is 34.5 Å². The Morgan fingerprint density at radius 2 is 0.374 bits per heavy atom. The fraction of sp³-hybridized carbons (Fsp3) is 0.200. The largest absolute Gasteiger partial charge is 2.00 e. The fourth-order valence-corrected chi connectivity index (χ4v) is 9.26. The third-order valence-electron chi connectivity index (χ3n) is 13.0. The molecule has 0 aliphatic rings. The van der Waals surface area contributed by atoms with Crippen LogP contribution in [0.5, 0.6) is 0 Å². The van der Waals surface area contributed by atoms with Crippen LogP contribution in [0.25, 0.3) is 0 Å². The van der Waals surface area contributed by atoms with Crippen molar-refractivity contribution in [1.82, 2.24) is 99.8 Å². The minimum absolute atomic E-state index is 0. The summed E-state index contributed by atoms with van der Waals surface area (Å²) in [6.45, 7) is 7.59. The van der Waals surface area contributed by atoms with Crippen molar-refractivity contribution in [2.75, 3.05) is 0 Å². The summed E-state index contributed by atoms with van der Waals surface area (Å²) in [5.41, 5.74) is 12.4. The van der Waals surface area contributed by atoms with Gasteiger partial charge in [0.15, 0.2) is 0 Å². The van der Waals surface area contributed by atoms with Crippen molar-refractivity contribution in [2.45, 2.75) is 78.5 Å². The second-order valence-electron chi connectivity index (χ2n) is 20.6. The van der Waals surface area contributed by atoms with Crippen LogP contribution in [-0.4, -0.2) is 114 Å². The predicted molar refractivity (Wildman–Crippen MR) is 320 cm³/mol. The van der Waals surface area contributed by atoms with Crippen molar-refractivity contribution >= 4 is 14.5 Å². The molecule has 12 aromatic rings. The Balaban J connectivity index is 0.000000202. The first-order valence-electron chi connectivity index (χ1n) is 28.3. The van der Waals surface area contributed by atoms with Crippen molar-refractivity contribution in [3.63, 3.8) is 0 Å². The van der Waals surface area contributed by atoms with E-state index in [0.717, 1.165) is 34.2 Å². The quantitative estimate of drug-likeness (QED) is 0.0410. The van der Waals surface area contributed by atoms with Gasteiger partial charge in [-0.15, -0.1) is 30.6 Å². The average Bonchev–Trinajstić information content (AvgIpc) is 2.76. The summed E-state index contributed by atoms with van der Waals surface area (Å²) in [7, 11) is -12.0. The van der Waals surface area contributed by atoms with E-state index in [0.29, 0.717) is 78.5 Å². The molecule has 0 amide bonds. The van der Waals surface area contributed by atoms with E-state index in [1.807, 2.05) is 174 Å². The van der Waals surface area contributed by atoms with Crippen molar-refractivity contribution < 1.29 is 51.3 Å². The maximum Gasteiger partial charge on any atom is 2.00 e. The molecule has 0 N–H and O–H groups in total. The Morgan fingerprint density at radius 3 is 0.505 bits per heavy atom. The van der Waals surface area contributed by atoms with E-state index in [4.69, 9.17) is 0 Å². The smallest absolute Gasteiger partial charge is 0.418 e. The first kappa shape index (κ1) is 67.1. The Hall–Kier alpha value is -9.84. The second kappa shape index (κ2) is 33.7. The van der Waals surface area contributed by atoms with E-state index in [1.165, 1.54) is 33.4 Å². The average molecular weight is 1290 g/mol. The molecule has 6 aromatic carbocycles. The van der Waals surface area contributed by atoms with Crippen molar-refractivity contribution in [1.29, 1.82) is 0 Å². The number of rotatable bonds is 24. The van der Waals surface area contributed by atoms with Crippen LogP contribution in [0.2, 0.25) is 0 Å². The van der Waals surface area contributed by atoms with Crippen LogP contribution < -0.4 is 0 Å². The molecule has 6 heterocycles. The zero-order chi connectivity index (χ0) is 63.0. The summed E-state index contributed by atoms with van der Waals surface area (Å²) in [6.07, 6.45) is 12.0. The zero-order valence-corrected chi connectivity index (χ0v) is 49.8. The molecule has 0 bridgehead atoms. The van der Waals surface area contributed by atoms with Crippen LogP contribution in [0.3, 0.4) is 0 Å². The van der Waals surface area contributed by atoms with E-state index in [1.54, 1.807) is 0 Å². The Bertz CT molecular complexity index is 3310. The SMILES string of the molecule is F[B-](F)(F)F.F[B-](F)(F)F.[Co+2].c1ccc(Cn2cc(CN(Cc3cn(Cc4ccccc4)nn3)Cc3cn(Cc4ccccc4)nn3)nn2)cc1.c1ccc(Cn2cc(CN(Cc3cn(Cc4ccccc4)nn3)Cc3cn(Cc4ccccc4)nn3)nn2)cc1. The molecule has 6 aromatic heterocycles. The predicted octanol–water partition coefficient (Wildman–Crippen LogP) is 10.2. The van der Waals surface area contributed by atoms with E-state index in [2.05, 4.69) is 144 Å². The van der Waals surface area contributed by atoms with Crippen LogP contribution in [0.1, 0.15) is 67.5 Å². The molecule has 20 nitrogen and oxygen atoms in total. The van der Waals surface area contributed by atoms with Gasteiger partial charge in [0, 0.05) is 39.3 Å². The molecule has 471 valence electrons. The first-order chi connectivity index (χ1) is 43.5. The van der Waals surface area contributed by atoms with Gasteiger partial charge in [-0.2, -0.15) is 0 Å². The maximum absolute atomic E-state index is 9.75. The van der Waals surface area contributed by atoms with Crippen LogP contribution in [-0.2, 0) is 95.3 Å². The number of benzene rings is 6. The van der Waals surface area contributed by atoms with Gasteiger partial charge in [0.25, 0.3) is 0 Å². The molecule has 0 spiro atoms. The van der Waals surface area contributed by atoms with Crippen LogP contribution in [0.4, 0.5) is 34.5 Å². The van der Waals surface area contributed by atoms with Gasteiger partial charge in [-0.1, -0.05) is 213 Å². The maximum atomic E-state index is 9.75. The Kier molecular flexibility index (Phi) is 24.8. The minimum Gasteiger partial charge on any atom is -0.418 e. The zero-order valence-electron chi connectivity index (χ0n) is 48.7. The van der Waals surface area contributed by atoms with Gasteiger partial charge in [0.05, 0.1) is 111 Å². The molecule has 12 rings (SSSR count). The van der Waals surface area contributed by atoms with Gasteiger partial charge in [0.1, 0.15) is 0 Å². The van der Waals surface area contributed by atoms with Crippen molar-refractivity contribution in [3.05, 3.63) is 287 Å². The molecule has 1 radical (unpaired) electrons. The molecule has 0 aliphatic carbocycles. The number of halogens is 8. The molecule has 0 unspecified atom stereocenters. The normalized spacial score (nSPS) is 11.3. The second-order valence-corrected chi connectivity index (χ2v) is 20.6. The summed E-state index contributed by atoms with van der Waals surface area (Å²) < 4.78 is 89.2. The monoisotopic (exact) mass is 1290 g/mol. The van der Waals surface area contributed by atoms with E-state index >= 15 is 0 Å². The van der Waals surface area contributed by atoms with E-state index in [9.17, 15) is 34.5 Å². The minimum atomic E-state index is -6.00. The standard InChI is InChI=1S/2C30H30N10.2BF4.Co/c2*1-4-10-25(11-5-1)16-38-22-28(31-34-38)19-37(20-29-23-39(35-32-29)17-26-12-6-2-7-13-26)21-30-24-40(36-33-30)18-27-14-8-3-9-15-27;2*2-1(3,4)5;/h2*1-15,22-24H,16-21H2;;;/q;;2*-1;+2. The summed E-state index contributed by atoms with van der Waals surface area (Å²) in [4.78, 5) is 4.48. The molecule has 31 heteroatoms. The molecule has 0 fully saturated rings. The first-order valence-corrected chi connectivity index (χ1v) is 28.3. The van der Waals surface area contributed by atoms with Gasteiger partial charge in [0.2, 0.25) is 0 Å². The van der Waals surface area contributed by atoms with Crippen molar-refractivity contribution in [3.8, 4) is 0 Å². The molecule has 91 heavy (non-hydrogen) atoms. The summed E-state index contributed by atoms with van der Waals surface area (Å²) >= 11 is 0. The van der Waals surface area contributed by atoms with E-state index in [-0.39, 0.29) is 16.8 Å². The molecule has 0 saturated carbocycles. The molecular weight excluding hydrogens is 1230 g/mol. The number of hydrogen-bond acceptors (Lipinski definition) is 14. The topological polar surface area (TPSA) is 191 Å². The number of nitrogens with zero attached hydrogens (tertiary/aromatic N) is 20.